The first-order valence-corrected chi connectivity index (χ1v) is 11.7. The summed E-state index contributed by atoms with van der Waals surface area (Å²) < 4.78 is 39.6. The second-order valence-electron chi connectivity index (χ2n) is 9.54. The van der Waals surface area contributed by atoms with Crippen LogP contribution in [0.15, 0.2) is 24.3 Å². The summed E-state index contributed by atoms with van der Waals surface area (Å²) in [5, 5.41) is 13.0. The lowest BCUT2D eigenvalue weighted by atomic mass is 10.0. The summed E-state index contributed by atoms with van der Waals surface area (Å²) in [4.78, 5) is 7.37. The molecular formula is C25H27F2N5O2. The first-order chi connectivity index (χ1) is 16.3. The fourth-order valence-corrected chi connectivity index (χ4v) is 5.54. The lowest BCUT2D eigenvalue weighted by molar-refractivity contribution is -0.0214. The number of anilines is 2. The molecule has 2 unspecified atom stereocenters. The van der Waals surface area contributed by atoms with Gasteiger partial charge in [-0.25, -0.2) is 4.98 Å². The van der Waals surface area contributed by atoms with Crippen molar-refractivity contribution < 1.29 is 18.3 Å². The number of hydrogen-bond acceptors (Lipinski definition) is 7. The maximum Gasteiger partial charge on any atom is 0.310 e. The molecule has 2 saturated heterocycles. The van der Waals surface area contributed by atoms with Gasteiger partial charge in [-0.1, -0.05) is 12.1 Å². The Labute approximate surface area is 196 Å². The fourth-order valence-electron chi connectivity index (χ4n) is 5.54. The fraction of sp³-hybridized carbons (Fsp3) is 0.480. The number of nitrogens with one attached hydrogen (secondary N) is 1. The number of morpholine rings is 1. The van der Waals surface area contributed by atoms with Crippen LogP contribution >= 0.6 is 0 Å². The molecule has 0 spiro atoms. The number of fused-ring (bicyclic) bond motifs is 4. The topological polar surface area (TPSA) is 72.4 Å². The van der Waals surface area contributed by atoms with E-state index < -0.39 is 12.5 Å². The van der Waals surface area contributed by atoms with Crippen molar-refractivity contribution in [2.75, 3.05) is 30.0 Å². The highest BCUT2D eigenvalue weighted by Crippen LogP contribution is 2.45. The molecule has 178 valence electrons. The number of benzene rings is 1. The van der Waals surface area contributed by atoms with Gasteiger partial charge in [0, 0.05) is 10.9 Å². The molecule has 6 rings (SSSR count). The van der Waals surface area contributed by atoms with Crippen LogP contribution in [0, 0.1) is 13.8 Å². The normalized spacial score (nSPS) is 23.6. The first kappa shape index (κ1) is 21.5. The molecule has 2 bridgehead atoms. The van der Waals surface area contributed by atoms with Crippen molar-refractivity contribution in [3.63, 3.8) is 0 Å². The summed E-state index contributed by atoms with van der Waals surface area (Å²) >= 11 is 0. The van der Waals surface area contributed by atoms with Crippen molar-refractivity contribution in [1.29, 1.82) is 0 Å². The van der Waals surface area contributed by atoms with Gasteiger partial charge in [0.2, 0.25) is 0 Å². The number of aryl methyl sites for hydroxylation is 2. The summed E-state index contributed by atoms with van der Waals surface area (Å²) in [6.45, 7) is 6.67. The lowest BCUT2D eigenvalue weighted by Gasteiger charge is -2.37. The van der Waals surface area contributed by atoms with E-state index >= 15 is 0 Å². The first-order valence-electron chi connectivity index (χ1n) is 11.7. The average molecular weight is 468 g/mol. The number of nitrogens with zero attached hydrogens (tertiary/aromatic N) is 4. The van der Waals surface area contributed by atoms with Gasteiger partial charge in [-0.2, -0.15) is 13.9 Å². The van der Waals surface area contributed by atoms with Gasteiger partial charge in [0.05, 0.1) is 59.5 Å². The van der Waals surface area contributed by atoms with Crippen molar-refractivity contribution >= 4 is 22.4 Å². The maximum atomic E-state index is 14.2. The van der Waals surface area contributed by atoms with Crippen molar-refractivity contribution in [3.8, 4) is 5.75 Å². The molecule has 7 nitrogen and oxygen atoms in total. The molecule has 1 N–H and O–H groups in total. The SMILES string of the molecule is Cc1nc2c(C)nnc(N[C@H](C)c3cccc4c3OCC4(F)F)c2cc1N1C2CCC1COC2. The van der Waals surface area contributed by atoms with Crippen molar-refractivity contribution in [2.24, 2.45) is 0 Å². The average Bonchev–Trinajstić information content (AvgIpc) is 3.26. The molecule has 3 aliphatic heterocycles. The summed E-state index contributed by atoms with van der Waals surface area (Å²) in [6.07, 6.45) is 2.23. The van der Waals surface area contributed by atoms with Gasteiger partial charge in [0.1, 0.15) is 5.75 Å². The van der Waals surface area contributed by atoms with Crippen LogP contribution in [0.25, 0.3) is 10.9 Å². The largest absolute Gasteiger partial charge is 0.486 e. The van der Waals surface area contributed by atoms with Crippen molar-refractivity contribution in [3.05, 3.63) is 46.8 Å². The molecule has 3 atom stereocenters. The van der Waals surface area contributed by atoms with Crippen molar-refractivity contribution in [2.45, 2.75) is 57.7 Å². The molecule has 2 fully saturated rings. The smallest absolute Gasteiger partial charge is 0.310 e. The van der Waals surface area contributed by atoms with Gasteiger partial charge >= 0.3 is 5.92 Å². The Kier molecular flexibility index (Phi) is 4.88. The predicted molar refractivity (Wildman–Crippen MR) is 125 cm³/mol. The highest BCUT2D eigenvalue weighted by molar-refractivity contribution is 5.93. The number of para-hydroxylation sites is 1. The van der Waals surface area contributed by atoms with Crippen LogP contribution in [0.5, 0.6) is 5.75 Å². The van der Waals surface area contributed by atoms with Gasteiger partial charge in [-0.3, -0.25) is 0 Å². The highest BCUT2D eigenvalue weighted by Gasteiger charge is 2.43. The van der Waals surface area contributed by atoms with Crippen LogP contribution in [0.1, 0.15) is 48.3 Å². The van der Waals surface area contributed by atoms with E-state index in [-0.39, 0.29) is 17.4 Å². The summed E-state index contributed by atoms with van der Waals surface area (Å²) in [5.74, 6) is -2.16. The zero-order valence-corrected chi connectivity index (χ0v) is 19.4. The molecule has 3 aromatic rings. The molecule has 0 radical (unpaired) electrons. The van der Waals surface area contributed by atoms with E-state index in [0.29, 0.717) is 23.5 Å². The molecule has 0 saturated carbocycles. The third-order valence-corrected chi connectivity index (χ3v) is 7.26. The van der Waals surface area contributed by atoms with E-state index in [4.69, 9.17) is 14.5 Å². The van der Waals surface area contributed by atoms with Gasteiger partial charge in [-0.15, -0.1) is 5.10 Å². The van der Waals surface area contributed by atoms with Crippen LogP contribution in [-0.2, 0) is 10.7 Å². The van der Waals surface area contributed by atoms with Gasteiger partial charge in [0.25, 0.3) is 0 Å². The second-order valence-corrected chi connectivity index (χ2v) is 9.54. The molecule has 0 amide bonds. The van der Waals surface area contributed by atoms with Gasteiger partial charge in [-0.05, 0) is 45.7 Å². The third kappa shape index (κ3) is 3.28. The number of aromatic nitrogens is 3. The standard InChI is InChI=1S/C25H27F2N5O2/c1-13(18-5-4-6-20-23(18)34-12-25(20,26)27)29-24-19-9-21(14(2)28-22(19)15(3)30-31-24)32-16-7-8-17(32)11-33-10-16/h4-6,9,13,16-17H,7-8,10-12H2,1-3H3,(H,29,31)/t13-,16?,17?/m1/s1. The minimum atomic E-state index is -2.98. The molecule has 5 heterocycles. The molecule has 9 heteroatoms. The number of ether oxygens (including phenoxy) is 2. The molecule has 0 aliphatic carbocycles. The third-order valence-electron chi connectivity index (χ3n) is 7.26. The zero-order chi connectivity index (χ0) is 23.6. The number of pyridine rings is 1. The number of alkyl halides is 2. The summed E-state index contributed by atoms with van der Waals surface area (Å²) in [6, 6.07) is 7.41. The Morgan fingerprint density at radius 2 is 1.88 bits per heavy atom. The number of rotatable bonds is 4. The van der Waals surface area contributed by atoms with E-state index in [1.165, 1.54) is 6.07 Å². The molecule has 34 heavy (non-hydrogen) atoms. The van der Waals surface area contributed by atoms with E-state index in [0.717, 1.165) is 54.0 Å². The minimum absolute atomic E-state index is 0.0686. The van der Waals surface area contributed by atoms with E-state index in [9.17, 15) is 8.78 Å². The monoisotopic (exact) mass is 467 g/mol. The summed E-state index contributed by atoms with van der Waals surface area (Å²) in [7, 11) is 0. The lowest BCUT2D eigenvalue weighted by Crippen LogP contribution is -2.46. The van der Waals surface area contributed by atoms with Gasteiger partial charge < -0.3 is 19.7 Å². The Morgan fingerprint density at radius 1 is 1.12 bits per heavy atom. The summed E-state index contributed by atoms with van der Waals surface area (Å²) in [5.41, 5.74) is 4.18. The Balaban J connectivity index is 1.40. The quantitative estimate of drug-likeness (QED) is 0.598. The molecular weight excluding hydrogens is 440 g/mol. The van der Waals surface area contributed by atoms with Crippen molar-refractivity contribution in [1.82, 2.24) is 15.2 Å². The van der Waals surface area contributed by atoms with Crippen LogP contribution in [0.4, 0.5) is 20.3 Å². The van der Waals surface area contributed by atoms with E-state index in [2.05, 4.69) is 26.5 Å². The Morgan fingerprint density at radius 3 is 2.65 bits per heavy atom. The minimum Gasteiger partial charge on any atom is -0.486 e. The van der Waals surface area contributed by atoms with Crippen LogP contribution in [0.3, 0.4) is 0 Å². The predicted octanol–water partition coefficient (Wildman–Crippen LogP) is 4.67. The van der Waals surface area contributed by atoms with E-state index in [1.54, 1.807) is 12.1 Å². The molecule has 3 aliphatic rings. The van der Waals surface area contributed by atoms with Crippen LogP contribution < -0.4 is 15.0 Å². The number of hydrogen-bond donors (Lipinski definition) is 1. The second kappa shape index (κ2) is 7.73. The zero-order valence-electron chi connectivity index (χ0n) is 19.4. The molecule has 2 aromatic heterocycles. The van der Waals surface area contributed by atoms with Crippen LogP contribution in [-0.4, -0.2) is 47.1 Å². The van der Waals surface area contributed by atoms with E-state index in [1.807, 2.05) is 20.8 Å². The van der Waals surface area contributed by atoms with Crippen LogP contribution in [0.2, 0.25) is 0 Å². The molecule has 1 aromatic carbocycles. The highest BCUT2D eigenvalue weighted by atomic mass is 19.3. The maximum absolute atomic E-state index is 14.2. The Hall–Kier alpha value is -3.07. The van der Waals surface area contributed by atoms with Gasteiger partial charge in [0.15, 0.2) is 12.4 Å². The Bertz CT molecular complexity index is 1270. The number of halogens is 2.